The number of carbonyl (C=O) groups is 1. The maximum atomic E-state index is 11.8. The standard InChI is InChI=1S/C11H13ClO5S2/c1-7-10(19(12,14)15)4-9(18-7)11(13)17-6-8-2-3-16-5-8/h4,8H,2-3,5-6H2,1H3. The molecule has 0 aromatic carbocycles. The van der Waals surface area contributed by atoms with E-state index in [1.54, 1.807) is 6.92 Å². The summed E-state index contributed by atoms with van der Waals surface area (Å²) in [7, 11) is 1.45. The third kappa shape index (κ3) is 3.68. The highest BCUT2D eigenvalue weighted by Crippen LogP contribution is 2.28. The molecule has 0 saturated carbocycles. The number of rotatable bonds is 4. The van der Waals surface area contributed by atoms with Gasteiger partial charge in [-0.1, -0.05) is 0 Å². The molecule has 1 aliphatic rings. The van der Waals surface area contributed by atoms with Crippen molar-refractivity contribution in [1.29, 1.82) is 0 Å². The van der Waals surface area contributed by atoms with Crippen LogP contribution in [0.5, 0.6) is 0 Å². The monoisotopic (exact) mass is 324 g/mol. The highest BCUT2D eigenvalue weighted by Gasteiger charge is 2.23. The van der Waals surface area contributed by atoms with Gasteiger partial charge in [0.25, 0.3) is 9.05 Å². The molecular weight excluding hydrogens is 312 g/mol. The van der Waals surface area contributed by atoms with Gasteiger partial charge in [0.05, 0.1) is 18.1 Å². The van der Waals surface area contributed by atoms with Gasteiger partial charge in [-0.15, -0.1) is 11.3 Å². The highest BCUT2D eigenvalue weighted by atomic mass is 35.7. The van der Waals surface area contributed by atoms with Crippen LogP contribution in [0.3, 0.4) is 0 Å². The van der Waals surface area contributed by atoms with E-state index in [1.807, 2.05) is 0 Å². The lowest BCUT2D eigenvalue weighted by molar-refractivity contribution is 0.0433. The van der Waals surface area contributed by atoms with Gasteiger partial charge in [0, 0.05) is 28.1 Å². The Morgan fingerprint density at radius 1 is 1.63 bits per heavy atom. The molecule has 0 amide bonds. The minimum absolute atomic E-state index is 0.0321. The average Bonchev–Trinajstić information content (AvgIpc) is 2.93. The second-order valence-electron chi connectivity index (χ2n) is 4.30. The van der Waals surface area contributed by atoms with Crippen molar-refractivity contribution < 1.29 is 22.7 Å². The summed E-state index contributed by atoms with van der Waals surface area (Å²) in [6.07, 6.45) is 0.873. The second kappa shape index (κ2) is 5.78. The summed E-state index contributed by atoms with van der Waals surface area (Å²) in [6.45, 7) is 3.17. The number of carbonyl (C=O) groups excluding carboxylic acids is 1. The number of thiophene rings is 1. The molecule has 1 saturated heterocycles. The Balaban J connectivity index is 2.03. The lowest BCUT2D eigenvalue weighted by atomic mass is 10.1. The predicted molar refractivity (Wildman–Crippen MR) is 71.3 cm³/mol. The first kappa shape index (κ1) is 14.8. The third-order valence-electron chi connectivity index (χ3n) is 2.81. The Bertz CT molecular complexity index is 572. The van der Waals surface area contributed by atoms with Crippen molar-refractivity contribution in [2.75, 3.05) is 19.8 Å². The van der Waals surface area contributed by atoms with Gasteiger partial charge in [0.2, 0.25) is 0 Å². The van der Waals surface area contributed by atoms with E-state index in [0.29, 0.717) is 24.7 Å². The summed E-state index contributed by atoms with van der Waals surface area (Å²) >= 11 is 1.06. The molecule has 0 aliphatic carbocycles. The zero-order valence-electron chi connectivity index (χ0n) is 10.2. The molecule has 2 heterocycles. The van der Waals surface area contributed by atoms with Crippen molar-refractivity contribution in [3.8, 4) is 0 Å². The summed E-state index contributed by atoms with van der Waals surface area (Å²) < 4.78 is 32.8. The quantitative estimate of drug-likeness (QED) is 0.627. The average molecular weight is 325 g/mol. The molecule has 8 heteroatoms. The number of hydrogen-bond donors (Lipinski definition) is 0. The Labute approximate surface area is 119 Å². The van der Waals surface area contributed by atoms with Crippen molar-refractivity contribution in [2.24, 2.45) is 5.92 Å². The first-order valence-corrected chi connectivity index (χ1v) is 8.80. The van der Waals surface area contributed by atoms with Gasteiger partial charge < -0.3 is 9.47 Å². The van der Waals surface area contributed by atoms with Crippen molar-refractivity contribution >= 4 is 37.0 Å². The van der Waals surface area contributed by atoms with Crippen LogP contribution in [0.2, 0.25) is 0 Å². The Hall–Kier alpha value is -0.630. The normalized spacial score (nSPS) is 19.6. The second-order valence-corrected chi connectivity index (χ2v) is 8.09. The Kier molecular flexibility index (Phi) is 4.50. The third-order valence-corrected chi connectivity index (χ3v) is 5.42. The SMILES string of the molecule is Cc1sc(C(=O)OCC2CCOC2)cc1S(=O)(=O)Cl. The van der Waals surface area contributed by atoms with Crippen molar-refractivity contribution in [2.45, 2.75) is 18.2 Å². The lowest BCUT2D eigenvalue weighted by Crippen LogP contribution is -2.13. The molecule has 5 nitrogen and oxygen atoms in total. The number of aryl methyl sites for hydroxylation is 1. The van der Waals surface area contributed by atoms with E-state index in [0.717, 1.165) is 17.8 Å². The predicted octanol–water partition coefficient (Wildman–Crippen LogP) is 2.18. The van der Waals surface area contributed by atoms with Crippen LogP contribution in [0.4, 0.5) is 0 Å². The number of hydrogen-bond acceptors (Lipinski definition) is 6. The fourth-order valence-electron chi connectivity index (χ4n) is 1.79. The highest BCUT2D eigenvalue weighted by molar-refractivity contribution is 8.13. The van der Waals surface area contributed by atoms with E-state index in [-0.39, 0.29) is 15.7 Å². The van der Waals surface area contributed by atoms with Gasteiger partial charge in [0.15, 0.2) is 0 Å². The molecule has 106 valence electrons. The number of halogens is 1. The van der Waals surface area contributed by atoms with Crippen LogP contribution < -0.4 is 0 Å². The van der Waals surface area contributed by atoms with E-state index >= 15 is 0 Å². The fraction of sp³-hybridized carbons (Fsp3) is 0.545. The van der Waals surface area contributed by atoms with E-state index in [4.69, 9.17) is 20.2 Å². The Morgan fingerprint density at radius 3 is 2.89 bits per heavy atom. The molecular formula is C11H13ClO5S2. The largest absolute Gasteiger partial charge is 0.461 e. The molecule has 0 spiro atoms. The summed E-state index contributed by atoms with van der Waals surface area (Å²) in [4.78, 5) is 12.5. The molecule has 1 atom stereocenters. The van der Waals surface area contributed by atoms with E-state index < -0.39 is 15.0 Å². The van der Waals surface area contributed by atoms with E-state index in [2.05, 4.69) is 0 Å². The molecule has 1 unspecified atom stereocenters. The number of esters is 1. The molecule has 1 aromatic heterocycles. The molecule has 1 aliphatic heterocycles. The molecule has 0 N–H and O–H groups in total. The minimum Gasteiger partial charge on any atom is -0.461 e. The van der Waals surface area contributed by atoms with E-state index in [1.165, 1.54) is 6.07 Å². The van der Waals surface area contributed by atoms with Crippen molar-refractivity contribution in [3.05, 3.63) is 15.8 Å². The van der Waals surface area contributed by atoms with Crippen LogP contribution in [0.25, 0.3) is 0 Å². The van der Waals surface area contributed by atoms with Crippen molar-refractivity contribution in [1.82, 2.24) is 0 Å². The summed E-state index contributed by atoms with van der Waals surface area (Å²) in [5.74, 6) is -0.298. The van der Waals surface area contributed by atoms with Crippen LogP contribution in [-0.4, -0.2) is 34.2 Å². The van der Waals surface area contributed by atoms with Gasteiger partial charge in [-0.25, -0.2) is 13.2 Å². The summed E-state index contributed by atoms with van der Waals surface area (Å²) in [5, 5.41) is 0. The molecule has 0 radical (unpaired) electrons. The molecule has 0 bridgehead atoms. The minimum atomic E-state index is -3.82. The smallest absolute Gasteiger partial charge is 0.348 e. The maximum absolute atomic E-state index is 11.8. The van der Waals surface area contributed by atoms with Crippen molar-refractivity contribution in [3.63, 3.8) is 0 Å². The molecule has 2 rings (SSSR count). The van der Waals surface area contributed by atoms with Crippen LogP contribution in [0.15, 0.2) is 11.0 Å². The lowest BCUT2D eigenvalue weighted by Gasteiger charge is -2.07. The maximum Gasteiger partial charge on any atom is 0.348 e. The summed E-state index contributed by atoms with van der Waals surface area (Å²) in [5.41, 5.74) is 0. The zero-order valence-corrected chi connectivity index (χ0v) is 12.6. The zero-order chi connectivity index (χ0) is 14.0. The Morgan fingerprint density at radius 2 is 2.37 bits per heavy atom. The van der Waals surface area contributed by atoms with E-state index in [9.17, 15) is 13.2 Å². The number of ether oxygens (including phenoxy) is 2. The fourth-order valence-corrected chi connectivity index (χ4v) is 4.34. The van der Waals surface area contributed by atoms with Crippen LogP contribution in [0.1, 0.15) is 21.0 Å². The molecule has 1 fully saturated rings. The topological polar surface area (TPSA) is 69.7 Å². The van der Waals surface area contributed by atoms with Crippen LogP contribution in [-0.2, 0) is 18.5 Å². The van der Waals surface area contributed by atoms with Gasteiger partial charge in [-0.05, 0) is 19.4 Å². The molecule has 1 aromatic rings. The van der Waals surface area contributed by atoms with Gasteiger partial charge in [-0.3, -0.25) is 0 Å². The first-order valence-electron chi connectivity index (χ1n) is 5.68. The first-order chi connectivity index (χ1) is 8.88. The van der Waals surface area contributed by atoms with Gasteiger partial charge >= 0.3 is 5.97 Å². The molecule has 19 heavy (non-hydrogen) atoms. The summed E-state index contributed by atoms with van der Waals surface area (Å²) in [6, 6.07) is 1.26. The van der Waals surface area contributed by atoms with Gasteiger partial charge in [0.1, 0.15) is 4.88 Å². The van der Waals surface area contributed by atoms with Crippen LogP contribution in [0, 0.1) is 12.8 Å². The van der Waals surface area contributed by atoms with Crippen LogP contribution >= 0.6 is 22.0 Å². The van der Waals surface area contributed by atoms with Gasteiger partial charge in [-0.2, -0.15) is 0 Å².